The average Bonchev–Trinajstić information content (AvgIpc) is 2.80. The summed E-state index contributed by atoms with van der Waals surface area (Å²) in [5.74, 6) is -0.373. The number of rotatable bonds is 5. The number of hydrogen-bond donors (Lipinski definition) is 1. The van der Waals surface area contributed by atoms with Crippen LogP contribution in [0, 0.1) is 0 Å². The summed E-state index contributed by atoms with van der Waals surface area (Å²) in [6, 6.07) is 19.7. The first-order chi connectivity index (χ1) is 15.7. The van der Waals surface area contributed by atoms with E-state index in [1.165, 1.54) is 4.31 Å². The van der Waals surface area contributed by atoms with Crippen molar-refractivity contribution in [1.29, 1.82) is 0 Å². The zero-order valence-electron chi connectivity index (χ0n) is 18.3. The molecule has 7 nitrogen and oxygen atoms in total. The fourth-order valence-electron chi connectivity index (χ4n) is 3.48. The predicted octanol–water partition coefficient (Wildman–Crippen LogP) is 4.45. The van der Waals surface area contributed by atoms with Crippen LogP contribution in [0.2, 0.25) is 5.02 Å². The SMILES string of the molecule is CN(C)c1ccc(-c2cc(NC(=O)c3ccc(N4COCCS4(=O)=O)cc3)ccc2Cl)cc1. The van der Waals surface area contributed by atoms with Crippen LogP contribution in [-0.4, -0.2) is 47.5 Å². The molecule has 0 unspecified atom stereocenters. The number of sulfonamides is 1. The Hall–Kier alpha value is -3.07. The molecule has 0 aromatic heterocycles. The van der Waals surface area contributed by atoms with Gasteiger partial charge < -0.3 is 15.0 Å². The molecule has 172 valence electrons. The third-order valence-corrected chi connectivity index (χ3v) is 7.37. The Bertz CT molecular complexity index is 1260. The first kappa shape index (κ1) is 23.1. The Morgan fingerprint density at radius 3 is 2.36 bits per heavy atom. The predicted molar refractivity (Wildman–Crippen MR) is 133 cm³/mol. The second-order valence-electron chi connectivity index (χ2n) is 7.84. The van der Waals surface area contributed by atoms with E-state index in [0.717, 1.165) is 16.8 Å². The molecule has 3 aromatic rings. The number of anilines is 3. The van der Waals surface area contributed by atoms with Crippen molar-refractivity contribution >= 4 is 44.6 Å². The summed E-state index contributed by atoms with van der Waals surface area (Å²) in [7, 11) is 0.544. The van der Waals surface area contributed by atoms with Gasteiger partial charge in [0.2, 0.25) is 10.0 Å². The normalized spacial score (nSPS) is 15.2. The van der Waals surface area contributed by atoms with E-state index in [4.69, 9.17) is 16.3 Å². The quantitative estimate of drug-likeness (QED) is 0.577. The largest absolute Gasteiger partial charge is 0.378 e. The zero-order chi connectivity index (χ0) is 23.6. The van der Waals surface area contributed by atoms with Gasteiger partial charge in [-0.3, -0.25) is 4.79 Å². The zero-order valence-corrected chi connectivity index (χ0v) is 19.9. The molecule has 0 saturated carbocycles. The van der Waals surface area contributed by atoms with E-state index in [1.54, 1.807) is 36.4 Å². The minimum Gasteiger partial charge on any atom is -0.378 e. The van der Waals surface area contributed by atoms with Gasteiger partial charge in [0.05, 0.1) is 18.0 Å². The molecule has 1 heterocycles. The molecule has 0 radical (unpaired) electrons. The number of hydrogen-bond acceptors (Lipinski definition) is 5. The molecule has 33 heavy (non-hydrogen) atoms. The maximum atomic E-state index is 12.8. The summed E-state index contributed by atoms with van der Waals surface area (Å²) in [5, 5.41) is 3.46. The molecule has 9 heteroatoms. The highest BCUT2D eigenvalue weighted by atomic mass is 35.5. The topological polar surface area (TPSA) is 79.0 Å². The lowest BCUT2D eigenvalue weighted by atomic mass is 10.0. The number of benzene rings is 3. The number of amides is 1. The molecule has 3 aromatic carbocycles. The Morgan fingerprint density at radius 2 is 1.73 bits per heavy atom. The third kappa shape index (κ3) is 5.13. The van der Waals surface area contributed by atoms with Crippen LogP contribution in [0.3, 0.4) is 0 Å². The molecule has 0 bridgehead atoms. The van der Waals surface area contributed by atoms with Gasteiger partial charge in [-0.25, -0.2) is 12.7 Å². The number of carbonyl (C=O) groups excluding carboxylic acids is 1. The minimum atomic E-state index is -3.41. The maximum Gasteiger partial charge on any atom is 0.255 e. The van der Waals surface area contributed by atoms with E-state index in [0.29, 0.717) is 22.0 Å². The van der Waals surface area contributed by atoms with Crippen molar-refractivity contribution in [2.24, 2.45) is 0 Å². The van der Waals surface area contributed by atoms with Crippen LogP contribution in [-0.2, 0) is 14.8 Å². The molecular formula is C24H24ClN3O4S. The molecule has 1 aliphatic rings. The van der Waals surface area contributed by atoms with Crippen LogP contribution >= 0.6 is 11.6 Å². The summed E-state index contributed by atoms with van der Waals surface area (Å²) >= 11 is 6.41. The van der Waals surface area contributed by atoms with E-state index in [1.807, 2.05) is 49.3 Å². The van der Waals surface area contributed by atoms with Gasteiger partial charge in [-0.15, -0.1) is 0 Å². The van der Waals surface area contributed by atoms with Crippen molar-refractivity contribution in [2.45, 2.75) is 0 Å². The van der Waals surface area contributed by atoms with Crippen LogP contribution in [0.5, 0.6) is 0 Å². The monoisotopic (exact) mass is 485 g/mol. The lowest BCUT2D eigenvalue weighted by molar-refractivity contribution is 0.102. The summed E-state index contributed by atoms with van der Waals surface area (Å²) in [5.41, 5.74) is 4.29. The van der Waals surface area contributed by atoms with Crippen LogP contribution in [0.15, 0.2) is 66.7 Å². The standard InChI is InChI=1S/C24H24ClN3O4S/c1-27(2)20-8-3-17(4-9-20)22-15-19(7-12-23(22)25)26-24(29)18-5-10-21(11-6-18)28-16-32-13-14-33(28,30)31/h3-12,15H,13-14,16H2,1-2H3,(H,26,29). The summed E-state index contributed by atoms with van der Waals surface area (Å²) in [4.78, 5) is 14.8. The van der Waals surface area contributed by atoms with Crippen molar-refractivity contribution in [1.82, 2.24) is 0 Å². The van der Waals surface area contributed by atoms with Gasteiger partial charge in [0, 0.05) is 41.6 Å². The Balaban J connectivity index is 1.51. The number of nitrogens with one attached hydrogen (secondary N) is 1. The molecule has 1 N–H and O–H groups in total. The number of nitrogens with zero attached hydrogens (tertiary/aromatic N) is 2. The first-order valence-corrected chi connectivity index (χ1v) is 12.3. The fourth-order valence-corrected chi connectivity index (χ4v) is 4.94. The van der Waals surface area contributed by atoms with E-state index >= 15 is 0 Å². The van der Waals surface area contributed by atoms with E-state index in [9.17, 15) is 13.2 Å². The summed E-state index contributed by atoms with van der Waals surface area (Å²) in [6.45, 7) is 0.152. The molecule has 1 saturated heterocycles. The lowest BCUT2D eigenvalue weighted by Gasteiger charge is -2.28. The van der Waals surface area contributed by atoms with Gasteiger partial charge in [0.1, 0.15) is 6.73 Å². The average molecular weight is 486 g/mol. The second-order valence-corrected chi connectivity index (χ2v) is 10.3. The third-order valence-electron chi connectivity index (χ3n) is 5.37. The van der Waals surface area contributed by atoms with Gasteiger partial charge in [-0.05, 0) is 60.2 Å². The lowest BCUT2D eigenvalue weighted by Crippen LogP contribution is -2.41. The van der Waals surface area contributed by atoms with Gasteiger partial charge in [-0.1, -0.05) is 23.7 Å². The van der Waals surface area contributed by atoms with Crippen LogP contribution in [0.25, 0.3) is 11.1 Å². The second kappa shape index (κ2) is 9.43. The Kier molecular flexibility index (Phi) is 6.60. The van der Waals surface area contributed by atoms with Crippen LogP contribution in [0.1, 0.15) is 10.4 Å². The van der Waals surface area contributed by atoms with Gasteiger partial charge >= 0.3 is 0 Å². The van der Waals surface area contributed by atoms with Crippen LogP contribution < -0.4 is 14.5 Å². The number of carbonyl (C=O) groups is 1. The highest BCUT2D eigenvalue weighted by molar-refractivity contribution is 7.92. The molecule has 1 fully saturated rings. The first-order valence-electron chi connectivity index (χ1n) is 10.3. The number of halogens is 1. The van der Waals surface area contributed by atoms with Crippen molar-refractivity contribution in [3.8, 4) is 11.1 Å². The van der Waals surface area contributed by atoms with Crippen molar-refractivity contribution in [3.05, 3.63) is 77.3 Å². The van der Waals surface area contributed by atoms with Gasteiger partial charge in [0.25, 0.3) is 5.91 Å². The molecule has 0 spiro atoms. The van der Waals surface area contributed by atoms with Crippen molar-refractivity contribution in [2.75, 3.05) is 47.7 Å². The van der Waals surface area contributed by atoms with E-state index < -0.39 is 10.0 Å². The Labute approximate surface area is 198 Å². The fraction of sp³-hybridized carbons (Fsp3) is 0.208. The number of ether oxygens (including phenoxy) is 1. The van der Waals surface area contributed by atoms with Gasteiger partial charge in [-0.2, -0.15) is 0 Å². The Morgan fingerprint density at radius 1 is 1.03 bits per heavy atom. The highest BCUT2D eigenvalue weighted by Gasteiger charge is 2.26. The van der Waals surface area contributed by atoms with Crippen molar-refractivity contribution in [3.63, 3.8) is 0 Å². The maximum absolute atomic E-state index is 12.8. The molecule has 0 atom stereocenters. The minimum absolute atomic E-state index is 0.0308. The molecular weight excluding hydrogens is 462 g/mol. The molecule has 1 aliphatic heterocycles. The van der Waals surface area contributed by atoms with Gasteiger partial charge in [0.15, 0.2) is 0 Å². The molecule has 0 aliphatic carbocycles. The van der Waals surface area contributed by atoms with Crippen LogP contribution in [0.4, 0.5) is 17.1 Å². The molecule has 4 rings (SSSR count). The van der Waals surface area contributed by atoms with E-state index in [-0.39, 0.29) is 25.0 Å². The highest BCUT2D eigenvalue weighted by Crippen LogP contribution is 2.32. The molecule has 1 amide bonds. The van der Waals surface area contributed by atoms with Crippen molar-refractivity contribution < 1.29 is 17.9 Å². The summed E-state index contributed by atoms with van der Waals surface area (Å²) < 4.78 is 30.9. The van der Waals surface area contributed by atoms with E-state index in [2.05, 4.69) is 5.32 Å². The smallest absolute Gasteiger partial charge is 0.255 e. The summed E-state index contributed by atoms with van der Waals surface area (Å²) in [6.07, 6.45) is 0.